The fourth-order valence-electron chi connectivity index (χ4n) is 4.10. The van der Waals surface area contributed by atoms with Gasteiger partial charge in [-0.3, -0.25) is 4.79 Å². The maximum Gasteiger partial charge on any atom is 0.226 e. The van der Waals surface area contributed by atoms with Gasteiger partial charge in [0.25, 0.3) is 0 Å². The molecule has 1 N–H and O–H groups in total. The third-order valence-corrected chi connectivity index (χ3v) is 5.33. The number of fused-ring (bicyclic) bond motifs is 1. The van der Waals surface area contributed by atoms with Gasteiger partial charge in [-0.1, -0.05) is 48.5 Å². The summed E-state index contributed by atoms with van der Waals surface area (Å²) >= 11 is 0. The van der Waals surface area contributed by atoms with Gasteiger partial charge >= 0.3 is 0 Å². The molecule has 1 aliphatic carbocycles. The summed E-state index contributed by atoms with van der Waals surface area (Å²) in [4.78, 5) is 17.4. The van der Waals surface area contributed by atoms with Gasteiger partial charge in [0.15, 0.2) is 5.78 Å². The van der Waals surface area contributed by atoms with Gasteiger partial charge in [0.05, 0.1) is 0 Å². The van der Waals surface area contributed by atoms with Crippen LogP contribution in [0.2, 0.25) is 0 Å². The van der Waals surface area contributed by atoms with Gasteiger partial charge in [0, 0.05) is 23.3 Å². The van der Waals surface area contributed by atoms with E-state index in [2.05, 4.69) is 15.4 Å². The van der Waals surface area contributed by atoms with Crippen molar-refractivity contribution in [3.8, 4) is 0 Å². The Morgan fingerprint density at radius 1 is 1.04 bits per heavy atom. The second-order valence-corrected chi connectivity index (χ2v) is 6.91. The zero-order chi connectivity index (χ0) is 18.4. The number of carbonyl (C=O) groups is 1. The average molecular weight is 360 g/mol. The molecule has 2 unspecified atom stereocenters. The van der Waals surface area contributed by atoms with Crippen LogP contribution in [0.25, 0.3) is 0 Å². The van der Waals surface area contributed by atoms with Crippen molar-refractivity contribution in [1.29, 1.82) is 0 Å². The Morgan fingerprint density at radius 3 is 2.63 bits per heavy atom. The van der Waals surface area contributed by atoms with Crippen LogP contribution in [0.15, 0.2) is 72.2 Å². The van der Waals surface area contributed by atoms with E-state index in [9.17, 15) is 9.18 Å². The van der Waals surface area contributed by atoms with Crippen molar-refractivity contribution < 1.29 is 9.18 Å². The van der Waals surface area contributed by atoms with Crippen LogP contribution in [0.5, 0.6) is 0 Å². The van der Waals surface area contributed by atoms with Crippen LogP contribution in [-0.4, -0.2) is 20.5 Å². The highest BCUT2D eigenvalue weighted by Crippen LogP contribution is 2.44. The lowest BCUT2D eigenvalue weighted by molar-refractivity contribution is -0.116. The lowest BCUT2D eigenvalue weighted by atomic mass is 9.78. The predicted molar refractivity (Wildman–Crippen MR) is 98.6 cm³/mol. The Balaban J connectivity index is 1.63. The summed E-state index contributed by atoms with van der Waals surface area (Å²) in [5.74, 6) is 0.298. The number of rotatable bonds is 2. The number of halogens is 1. The molecule has 5 rings (SSSR count). The Hall–Kier alpha value is -3.28. The highest BCUT2D eigenvalue weighted by molar-refractivity contribution is 6.00. The number of anilines is 1. The molecular formula is C21H17FN4O. The van der Waals surface area contributed by atoms with Crippen molar-refractivity contribution in [2.45, 2.75) is 24.8 Å². The summed E-state index contributed by atoms with van der Waals surface area (Å²) in [6.07, 6.45) is 2.51. The van der Waals surface area contributed by atoms with Crippen LogP contribution >= 0.6 is 0 Å². The number of carbonyl (C=O) groups excluding carboxylic acids is 1. The Bertz CT molecular complexity index is 1060. The Morgan fingerprint density at radius 2 is 1.81 bits per heavy atom. The molecule has 2 atom stereocenters. The Labute approximate surface area is 155 Å². The molecule has 1 aromatic heterocycles. The van der Waals surface area contributed by atoms with Gasteiger partial charge < -0.3 is 5.32 Å². The van der Waals surface area contributed by atoms with Gasteiger partial charge in [-0.05, 0) is 24.0 Å². The number of allylic oxidation sites excluding steroid dienone is 2. The van der Waals surface area contributed by atoms with Gasteiger partial charge in [0.1, 0.15) is 18.2 Å². The summed E-state index contributed by atoms with van der Waals surface area (Å²) in [5.41, 5.74) is 2.97. The van der Waals surface area contributed by atoms with E-state index >= 15 is 0 Å². The number of hydrogen-bond donors (Lipinski definition) is 1. The van der Waals surface area contributed by atoms with Crippen LogP contribution < -0.4 is 5.32 Å². The Kier molecular flexibility index (Phi) is 3.63. The zero-order valence-electron chi connectivity index (χ0n) is 14.5. The SMILES string of the molecule is O=C1CC(c2ccccc2)CC2=C1C(c1ccccc1F)n1ncnc1N2. The second-order valence-electron chi connectivity index (χ2n) is 6.91. The van der Waals surface area contributed by atoms with E-state index in [-0.39, 0.29) is 17.5 Å². The molecule has 27 heavy (non-hydrogen) atoms. The fraction of sp³-hybridized carbons (Fsp3) is 0.190. The number of nitrogens with zero attached hydrogens (tertiary/aromatic N) is 3. The predicted octanol–water partition coefficient (Wildman–Crippen LogP) is 3.83. The van der Waals surface area contributed by atoms with E-state index in [4.69, 9.17) is 0 Å². The van der Waals surface area contributed by atoms with E-state index in [1.807, 2.05) is 30.3 Å². The topological polar surface area (TPSA) is 59.8 Å². The van der Waals surface area contributed by atoms with Crippen molar-refractivity contribution in [3.05, 3.63) is 89.1 Å². The number of hydrogen-bond acceptors (Lipinski definition) is 4. The number of nitrogens with one attached hydrogen (secondary N) is 1. The molecule has 0 saturated carbocycles. The van der Waals surface area contributed by atoms with E-state index in [0.29, 0.717) is 29.9 Å². The first kappa shape index (κ1) is 15.9. The quantitative estimate of drug-likeness (QED) is 0.754. The van der Waals surface area contributed by atoms with Gasteiger partial charge in [-0.2, -0.15) is 10.1 Å². The molecular weight excluding hydrogens is 343 g/mol. The highest BCUT2D eigenvalue weighted by atomic mass is 19.1. The van der Waals surface area contributed by atoms with Crippen molar-refractivity contribution in [1.82, 2.24) is 14.8 Å². The van der Waals surface area contributed by atoms with Crippen LogP contribution in [0.1, 0.15) is 35.9 Å². The zero-order valence-corrected chi connectivity index (χ0v) is 14.5. The minimum atomic E-state index is -0.593. The van der Waals surface area contributed by atoms with Gasteiger partial charge in [0.2, 0.25) is 5.95 Å². The molecule has 1 aliphatic heterocycles. The summed E-state index contributed by atoms with van der Waals surface area (Å²) in [6.45, 7) is 0. The van der Waals surface area contributed by atoms with Gasteiger partial charge in [-0.25, -0.2) is 9.07 Å². The van der Waals surface area contributed by atoms with Crippen molar-refractivity contribution >= 4 is 11.7 Å². The van der Waals surface area contributed by atoms with E-state index < -0.39 is 6.04 Å². The summed E-state index contributed by atoms with van der Waals surface area (Å²) in [5, 5.41) is 7.50. The number of aromatic nitrogens is 3. The summed E-state index contributed by atoms with van der Waals surface area (Å²) in [7, 11) is 0. The minimum Gasteiger partial charge on any atom is -0.328 e. The van der Waals surface area contributed by atoms with Crippen molar-refractivity contribution in [3.63, 3.8) is 0 Å². The molecule has 6 heteroatoms. The number of Topliss-reactive ketones (excluding diaryl/α,β-unsaturated/α-hetero) is 1. The molecule has 3 aromatic rings. The molecule has 0 saturated heterocycles. The number of ketones is 1. The van der Waals surface area contributed by atoms with E-state index in [1.165, 1.54) is 12.4 Å². The molecule has 0 fully saturated rings. The van der Waals surface area contributed by atoms with Crippen LogP contribution in [0, 0.1) is 5.82 Å². The lowest BCUT2D eigenvalue weighted by Crippen LogP contribution is -2.34. The fourth-order valence-corrected chi connectivity index (χ4v) is 4.10. The molecule has 5 nitrogen and oxygen atoms in total. The standard InChI is InChI=1S/C21H17FN4O/c22-16-9-5-4-8-15(16)20-19-17(25-21-23-12-24-26(20)21)10-14(11-18(19)27)13-6-2-1-3-7-13/h1-9,12,14,20H,10-11H2,(H,23,24,25). The lowest BCUT2D eigenvalue weighted by Gasteiger charge is -2.35. The van der Waals surface area contributed by atoms with Crippen molar-refractivity contribution in [2.24, 2.45) is 0 Å². The third kappa shape index (κ3) is 2.56. The van der Waals surface area contributed by atoms with Crippen LogP contribution in [-0.2, 0) is 4.79 Å². The van der Waals surface area contributed by atoms with Crippen LogP contribution in [0.4, 0.5) is 10.3 Å². The van der Waals surface area contributed by atoms with E-state index in [1.54, 1.807) is 22.9 Å². The largest absolute Gasteiger partial charge is 0.328 e. The molecule has 2 heterocycles. The van der Waals surface area contributed by atoms with Gasteiger partial charge in [-0.15, -0.1) is 0 Å². The monoisotopic (exact) mass is 360 g/mol. The summed E-state index contributed by atoms with van der Waals surface area (Å²) < 4.78 is 16.2. The minimum absolute atomic E-state index is 0.0204. The first-order chi connectivity index (χ1) is 13.2. The molecule has 0 spiro atoms. The van der Waals surface area contributed by atoms with E-state index in [0.717, 1.165) is 11.3 Å². The smallest absolute Gasteiger partial charge is 0.226 e. The van der Waals surface area contributed by atoms with Crippen molar-refractivity contribution in [2.75, 3.05) is 5.32 Å². The average Bonchev–Trinajstić information content (AvgIpc) is 3.16. The molecule has 0 radical (unpaired) electrons. The molecule has 2 aromatic carbocycles. The molecule has 0 amide bonds. The summed E-state index contributed by atoms with van der Waals surface area (Å²) in [6, 6.07) is 16.0. The third-order valence-electron chi connectivity index (χ3n) is 5.33. The maximum absolute atomic E-state index is 14.6. The van der Waals surface area contributed by atoms with Crippen LogP contribution in [0.3, 0.4) is 0 Å². The second kappa shape index (κ2) is 6.16. The highest BCUT2D eigenvalue weighted by Gasteiger charge is 2.40. The molecule has 0 bridgehead atoms. The number of benzene rings is 2. The maximum atomic E-state index is 14.6. The first-order valence-corrected chi connectivity index (χ1v) is 8.94. The normalized spacial score (nSPS) is 21.4. The molecule has 2 aliphatic rings. The first-order valence-electron chi connectivity index (χ1n) is 8.94. The molecule has 134 valence electrons.